The van der Waals surface area contributed by atoms with Crippen molar-refractivity contribution in [1.29, 1.82) is 0 Å². The van der Waals surface area contributed by atoms with Crippen molar-refractivity contribution in [2.45, 2.75) is 44.3 Å². The van der Waals surface area contributed by atoms with Gasteiger partial charge in [-0.25, -0.2) is 0 Å². The molecule has 1 saturated heterocycles. The van der Waals surface area contributed by atoms with Gasteiger partial charge in [-0.15, -0.1) is 0 Å². The van der Waals surface area contributed by atoms with Gasteiger partial charge in [-0.1, -0.05) is 31.4 Å². The zero-order valence-corrected chi connectivity index (χ0v) is 13.5. The fourth-order valence-corrected chi connectivity index (χ4v) is 3.48. The molecule has 126 valence electrons. The summed E-state index contributed by atoms with van der Waals surface area (Å²) in [5.41, 5.74) is 0.714. The molecule has 1 spiro atoms. The zero-order chi connectivity index (χ0) is 16.1. The molecule has 1 heterocycles. The lowest BCUT2D eigenvalue weighted by atomic mass is 9.83. The molecular weight excluding hydrogens is 294 g/mol. The van der Waals surface area contributed by atoms with Gasteiger partial charge in [0, 0.05) is 13.1 Å². The quantitative estimate of drug-likeness (QED) is 0.923. The van der Waals surface area contributed by atoms with Crippen molar-refractivity contribution in [2.24, 2.45) is 0 Å². The summed E-state index contributed by atoms with van der Waals surface area (Å²) in [6.07, 6.45) is 5.76. The lowest BCUT2D eigenvalue weighted by molar-refractivity contribution is -0.157. The van der Waals surface area contributed by atoms with E-state index in [4.69, 9.17) is 14.6 Å². The first-order chi connectivity index (χ1) is 11.2. The number of nitrogens with zero attached hydrogens (tertiary/aromatic N) is 1. The van der Waals surface area contributed by atoms with Gasteiger partial charge in [0.15, 0.2) is 6.61 Å². The Labute approximate surface area is 137 Å². The van der Waals surface area contributed by atoms with E-state index in [-0.39, 0.29) is 24.7 Å². The second kappa shape index (κ2) is 7.32. The number of benzene rings is 1. The second-order valence-electron chi connectivity index (χ2n) is 6.50. The van der Waals surface area contributed by atoms with Gasteiger partial charge >= 0.3 is 0 Å². The number of carbonyl (C=O) groups is 1. The monoisotopic (exact) mass is 319 g/mol. The Kier molecular flexibility index (Phi) is 5.18. The zero-order valence-electron chi connectivity index (χ0n) is 13.5. The average molecular weight is 319 g/mol. The smallest absolute Gasteiger partial charge is 0.260 e. The summed E-state index contributed by atoms with van der Waals surface area (Å²) in [6, 6.07) is 7.15. The van der Waals surface area contributed by atoms with E-state index in [1.165, 1.54) is 19.3 Å². The highest BCUT2D eigenvalue weighted by Crippen LogP contribution is 2.34. The van der Waals surface area contributed by atoms with Gasteiger partial charge in [0.2, 0.25) is 0 Å². The van der Waals surface area contributed by atoms with Crippen molar-refractivity contribution in [3.8, 4) is 5.75 Å². The number of aliphatic hydroxyl groups excluding tert-OH is 1. The topological polar surface area (TPSA) is 59.0 Å². The molecule has 23 heavy (non-hydrogen) atoms. The van der Waals surface area contributed by atoms with Crippen LogP contribution in [0.3, 0.4) is 0 Å². The number of morpholine rings is 1. The molecule has 1 aromatic carbocycles. The number of hydrogen-bond acceptors (Lipinski definition) is 4. The SMILES string of the molecule is O=C(COc1ccc(CO)cc1)N1CCOC2(CCCCC2)C1. The van der Waals surface area contributed by atoms with Crippen LogP contribution in [0.25, 0.3) is 0 Å². The van der Waals surface area contributed by atoms with Gasteiger partial charge in [-0.3, -0.25) is 4.79 Å². The van der Waals surface area contributed by atoms with E-state index in [1.807, 2.05) is 4.90 Å². The normalized spacial score (nSPS) is 20.5. The lowest BCUT2D eigenvalue weighted by Gasteiger charge is -2.44. The Morgan fingerprint density at radius 2 is 1.96 bits per heavy atom. The van der Waals surface area contributed by atoms with Crippen molar-refractivity contribution in [3.63, 3.8) is 0 Å². The third-order valence-electron chi connectivity index (χ3n) is 4.83. The Morgan fingerprint density at radius 1 is 1.22 bits per heavy atom. The first-order valence-corrected chi connectivity index (χ1v) is 8.45. The number of carbonyl (C=O) groups excluding carboxylic acids is 1. The van der Waals surface area contributed by atoms with Crippen molar-refractivity contribution in [2.75, 3.05) is 26.3 Å². The van der Waals surface area contributed by atoms with Crippen LogP contribution < -0.4 is 4.74 Å². The first kappa shape index (κ1) is 16.3. The molecule has 0 bridgehead atoms. The van der Waals surface area contributed by atoms with Gasteiger partial charge in [-0.2, -0.15) is 0 Å². The summed E-state index contributed by atoms with van der Waals surface area (Å²) in [6.45, 7) is 2.02. The van der Waals surface area contributed by atoms with Crippen molar-refractivity contribution >= 4 is 5.91 Å². The summed E-state index contributed by atoms with van der Waals surface area (Å²) in [7, 11) is 0. The minimum atomic E-state index is -0.116. The number of hydrogen-bond donors (Lipinski definition) is 1. The average Bonchev–Trinajstić information content (AvgIpc) is 2.61. The molecule has 5 heteroatoms. The van der Waals surface area contributed by atoms with E-state index < -0.39 is 0 Å². The summed E-state index contributed by atoms with van der Waals surface area (Å²) < 4.78 is 11.6. The standard InChI is InChI=1S/C18H25NO4/c20-12-15-4-6-16(7-5-15)22-13-17(21)19-10-11-23-18(14-19)8-2-1-3-9-18/h4-7,20H,1-3,8-14H2. The fraction of sp³-hybridized carbons (Fsp3) is 0.611. The minimum Gasteiger partial charge on any atom is -0.484 e. The first-order valence-electron chi connectivity index (χ1n) is 8.45. The van der Waals surface area contributed by atoms with Gasteiger partial charge in [0.1, 0.15) is 5.75 Å². The summed E-state index contributed by atoms with van der Waals surface area (Å²) >= 11 is 0. The van der Waals surface area contributed by atoms with Crippen LogP contribution in [0.15, 0.2) is 24.3 Å². The van der Waals surface area contributed by atoms with Crippen LogP contribution >= 0.6 is 0 Å². The van der Waals surface area contributed by atoms with Crippen molar-refractivity contribution < 1.29 is 19.4 Å². The molecule has 1 amide bonds. The van der Waals surface area contributed by atoms with Gasteiger partial charge in [-0.05, 0) is 30.5 Å². The molecular formula is C18H25NO4. The van der Waals surface area contributed by atoms with Crippen molar-refractivity contribution in [1.82, 2.24) is 4.90 Å². The van der Waals surface area contributed by atoms with Crippen LogP contribution in [0.1, 0.15) is 37.7 Å². The van der Waals surface area contributed by atoms with E-state index in [1.54, 1.807) is 24.3 Å². The van der Waals surface area contributed by atoms with Gasteiger partial charge < -0.3 is 19.5 Å². The van der Waals surface area contributed by atoms with Crippen LogP contribution in [0.4, 0.5) is 0 Å². The third-order valence-corrected chi connectivity index (χ3v) is 4.83. The molecule has 0 radical (unpaired) electrons. The number of ether oxygens (including phenoxy) is 2. The highest BCUT2D eigenvalue weighted by Gasteiger charge is 2.39. The van der Waals surface area contributed by atoms with Gasteiger partial charge in [0.25, 0.3) is 5.91 Å². The number of amides is 1. The molecule has 1 aliphatic heterocycles. The van der Waals surface area contributed by atoms with E-state index in [0.29, 0.717) is 25.4 Å². The predicted molar refractivity (Wildman–Crippen MR) is 86.2 cm³/mol. The van der Waals surface area contributed by atoms with E-state index >= 15 is 0 Å². The maximum atomic E-state index is 12.4. The molecule has 0 atom stereocenters. The number of rotatable bonds is 4. The Hall–Kier alpha value is -1.59. The molecule has 3 rings (SSSR count). The van der Waals surface area contributed by atoms with Crippen LogP contribution in [0.2, 0.25) is 0 Å². The predicted octanol–water partition coefficient (Wildman–Crippen LogP) is 2.12. The lowest BCUT2D eigenvalue weighted by Crippen LogP contribution is -2.55. The van der Waals surface area contributed by atoms with Crippen LogP contribution in [0.5, 0.6) is 5.75 Å². The molecule has 2 fully saturated rings. The molecule has 5 nitrogen and oxygen atoms in total. The Morgan fingerprint density at radius 3 is 2.65 bits per heavy atom. The second-order valence-corrected chi connectivity index (χ2v) is 6.50. The van der Waals surface area contributed by atoms with E-state index in [9.17, 15) is 4.79 Å². The van der Waals surface area contributed by atoms with Crippen LogP contribution in [-0.2, 0) is 16.1 Å². The maximum Gasteiger partial charge on any atom is 0.260 e. The summed E-state index contributed by atoms with van der Waals surface area (Å²) in [4.78, 5) is 14.3. The van der Waals surface area contributed by atoms with Gasteiger partial charge in [0.05, 0.1) is 18.8 Å². The van der Waals surface area contributed by atoms with Crippen molar-refractivity contribution in [3.05, 3.63) is 29.8 Å². The molecule has 1 aliphatic carbocycles. The maximum absolute atomic E-state index is 12.4. The Balaban J connectivity index is 1.52. The van der Waals surface area contributed by atoms with E-state index in [2.05, 4.69) is 0 Å². The highest BCUT2D eigenvalue weighted by molar-refractivity contribution is 5.78. The minimum absolute atomic E-state index is 0.00900. The molecule has 0 aromatic heterocycles. The molecule has 0 unspecified atom stereocenters. The molecule has 1 aromatic rings. The van der Waals surface area contributed by atoms with Crippen LogP contribution in [-0.4, -0.2) is 47.8 Å². The molecule has 1 N–H and O–H groups in total. The number of aliphatic hydroxyl groups is 1. The summed E-state index contributed by atoms with van der Waals surface area (Å²) in [5, 5.41) is 9.02. The third kappa shape index (κ3) is 4.03. The fourth-order valence-electron chi connectivity index (χ4n) is 3.48. The largest absolute Gasteiger partial charge is 0.484 e. The summed E-state index contributed by atoms with van der Waals surface area (Å²) in [5.74, 6) is 0.667. The molecule has 2 aliphatic rings. The van der Waals surface area contributed by atoms with Crippen LogP contribution in [0, 0.1) is 0 Å². The van der Waals surface area contributed by atoms with E-state index in [0.717, 1.165) is 18.4 Å². The highest BCUT2D eigenvalue weighted by atomic mass is 16.5. The molecule has 1 saturated carbocycles. The Bertz CT molecular complexity index is 517.